The number of aromatic nitrogens is 1. The number of fused-ring (bicyclic) bond motifs is 1. The number of pyridine rings is 1. The lowest BCUT2D eigenvalue weighted by Gasteiger charge is -2.38. The number of nitrogens with zero attached hydrogens (tertiary/aromatic N) is 4. The van der Waals surface area contributed by atoms with Crippen LogP contribution in [0, 0.1) is 0 Å². The van der Waals surface area contributed by atoms with Gasteiger partial charge in [0, 0.05) is 24.8 Å². The lowest BCUT2D eigenvalue weighted by Crippen LogP contribution is -2.39. The fourth-order valence-corrected chi connectivity index (χ4v) is 2.64. The number of para-hydroxylation sites is 1. The van der Waals surface area contributed by atoms with Crippen LogP contribution in [0.25, 0.3) is 0 Å². The summed E-state index contributed by atoms with van der Waals surface area (Å²) in [6.45, 7) is 0. The van der Waals surface area contributed by atoms with Crippen LogP contribution in [0.5, 0.6) is 0 Å². The Kier molecular flexibility index (Phi) is 2.78. The molecule has 1 aromatic carbocycles. The maximum absolute atomic E-state index is 4.54. The Morgan fingerprint density at radius 2 is 1.76 bits per heavy atom. The molecule has 4 heteroatoms. The predicted octanol–water partition coefficient (Wildman–Crippen LogP) is 3.30. The van der Waals surface area contributed by atoms with Crippen molar-refractivity contribution in [3.63, 3.8) is 0 Å². The molecule has 4 nitrogen and oxygen atoms in total. The van der Waals surface area contributed by atoms with E-state index in [1.807, 2.05) is 61.1 Å². The molecule has 0 bridgehead atoms. The fraction of sp³-hybridized carbons (Fsp3) is 0.0588. The van der Waals surface area contributed by atoms with Gasteiger partial charge in [-0.3, -0.25) is 15.0 Å². The summed E-state index contributed by atoms with van der Waals surface area (Å²) in [6.07, 6.45) is 11.7. The maximum atomic E-state index is 4.54. The van der Waals surface area contributed by atoms with Crippen molar-refractivity contribution in [3.05, 3.63) is 84.6 Å². The molecule has 4 rings (SSSR count). The molecule has 0 radical (unpaired) electrons. The number of hydrogen-bond donors (Lipinski definition) is 0. The van der Waals surface area contributed by atoms with Crippen LogP contribution in [0.2, 0.25) is 0 Å². The van der Waals surface area contributed by atoms with E-state index in [9.17, 15) is 0 Å². The second-order valence-electron chi connectivity index (χ2n) is 4.89. The van der Waals surface area contributed by atoms with Crippen molar-refractivity contribution in [2.24, 2.45) is 4.99 Å². The molecule has 0 aliphatic carbocycles. The highest BCUT2D eigenvalue weighted by Gasteiger charge is 2.31. The zero-order valence-corrected chi connectivity index (χ0v) is 11.4. The first kappa shape index (κ1) is 11.9. The lowest BCUT2D eigenvalue weighted by atomic mass is 10.1. The van der Waals surface area contributed by atoms with E-state index in [4.69, 9.17) is 0 Å². The molecule has 0 fully saturated rings. The van der Waals surface area contributed by atoms with E-state index in [1.165, 1.54) is 5.56 Å². The average molecular weight is 274 g/mol. The highest BCUT2D eigenvalue weighted by molar-refractivity contribution is 5.73. The zero-order valence-electron chi connectivity index (χ0n) is 11.4. The average Bonchev–Trinajstić information content (AvgIpc) is 3.00. The van der Waals surface area contributed by atoms with Gasteiger partial charge in [0.05, 0.1) is 5.69 Å². The molecule has 2 aliphatic heterocycles. The minimum Gasteiger partial charge on any atom is -0.265 e. The molecule has 2 aliphatic rings. The summed E-state index contributed by atoms with van der Waals surface area (Å²) < 4.78 is 0. The van der Waals surface area contributed by atoms with Crippen molar-refractivity contribution in [1.82, 2.24) is 9.99 Å². The van der Waals surface area contributed by atoms with Crippen LogP contribution in [0.4, 0.5) is 5.69 Å². The number of hydrogen-bond acceptors (Lipinski definition) is 4. The molecule has 0 N–H and O–H groups in total. The first-order chi connectivity index (χ1) is 10.4. The number of benzene rings is 1. The second-order valence-corrected chi connectivity index (χ2v) is 4.89. The molecule has 3 heterocycles. The molecule has 0 saturated heterocycles. The summed E-state index contributed by atoms with van der Waals surface area (Å²) in [5, 5.41) is 4.32. The third-order valence-electron chi connectivity index (χ3n) is 3.62. The van der Waals surface area contributed by atoms with E-state index in [0.29, 0.717) is 0 Å². The van der Waals surface area contributed by atoms with Crippen molar-refractivity contribution in [3.8, 4) is 0 Å². The van der Waals surface area contributed by atoms with Crippen LogP contribution < -0.4 is 5.01 Å². The van der Waals surface area contributed by atoms with Gasteiger partial charge in [0.15, 0.2) is 0 Å². The molecule has 1 unspecified atom stereocenters. The Hall–Kier alpha value is -2.88. The third-order valence-corrected chi connectivity index (χ3v) is 3.62. The van der Waals surface area contributed by atoms with E-state index < -0.39 is 0 Å². The topological polar surface area (TPSA) is 31.7 Å². The van der Waals surface area contributed by atoms with Gasteiger partial charge in [-0.2, -0.15) is 0 Å². The standard InChI is InChI=1S/C17H14N4/c1-2-5-15(6-3-1)20-12-4-7-17-19-13-16(21(17)20)14-8-10-18-11-9-14/h1-13,16H. The molecule has 1 atom stereocenters. The Morgan fingerprint density at radius 3 is 2.57 bits per heavy atom. The van der Waals surface area contributed by atoms with Crippen LogP contribution in [-0.2, 0) is 0 Å². The summed E-state index contributed by atoms with van der Waals surface area (Å²) in [5.41, 5.74) is 2.29. The van der Waals surface area contributed by atoms with Gasteiger partial charge < -0.3 is 0 Å². The van der Waals surface area contributed by atoms with Gasteiger partial charge in [-0.1, -0.05) is 18.2 Å². The molecule has 1 aromatic heterocycles. The van der Waals surface area contributed by atoms with E-state index in [2.05, 4.69) is 38.3 Å². The Bertz CT molecular complexity index is 719. The SMILES string of the molecule is C1=CN(c2ccccc2)N2C(=C1)N=CC2c1ccncc1. The minimum absolute atomic E-state index is 0.0874. The van der Waals surface area contributed by atoms with Crippen molar-refractivity contribution >= 4 is 11.9 Å². The Labute approximate surface area is 123 Å². The maximum Gasteiger partial charge on any atom is 0.148 e. The highest BCUT2D eigenvalue weighted by Crippen LogP contribution is 2.35. The first-order valence-corrected chi connectivity index (χ1v) is 6.89. The largest absolute Gasteiger partial charge is 0.265 e. The van der Waals surface area contributed by atoms with Gasteiger partial charge >= 0.3 is 0 Å². The van der Waals surface area contributed by atoms with Gasteiger partial charge in [0.2, 0.25) is 0 Å². The van der Waals surface area contributed by atoms with Crippen LogP contribution >= 0.6 is 0 Å². The third kappa shape index (κ3) is 2.01. The second kappa shape index (κ2) is 4.90. The predicted molar refractivity (Wildman–Crippen MR) is 83.5 cm³/mol. The molecule has 0 amide bonds. The van der Waals surface area contributed by atoms with E-state index in [0.717, 1.165) is 11.5 Å². The van der Waals surface area contributed by atoms with Gasteiger partial charge in [-0.05, 0) is 42.0 Å². The first-order valence-electron chi connectivity index (χ1n) is 6.89. The zero-order chi connectivity index (χ0) is 14.1. The number of hydrazine groups is 1. The summed E-state index contributed by atoms with van der Waals surface area (Å²) >= 11 is 0. The molecule has 2 aromatic rings. The normalized spacial score (nSPS) is 19.6. The number of anilines is 1. The molecule has 102 valence electrons. The van der Waals surface area contributed by atoms with E-state index in [1.54, 1.807) is 0 Å². The number of aliphatic imine (C=N–C) groups is 1. The lowest BCUT2D eigenvalue weighted by molar-refractivity contribution is 0.327. The van der Waals surface area contributed by atoms with Gasteiger partial charge in [0.1, 0.15) is 11.9 Å². The van der Waals surface area contributed by atoms with Gasteiger partial charge in [-0.15, -0.1) is 0 Å². The monoisotopic (exact) mass is 274 g/mol. The molecular formula is C17H14N4. The van der Waals surface area contributed by atoms with Crippen LogP contribution in [0.3, 0.4) is 0 Å². The quantitative estimate of drug-likeness (QED) is 0.842. The highest BCUT2D eigenvalue weighted by atomic mass is 15.7. The Balaban J connectivity index is 1.75. The number of rotatable bonds is 2. The van der Waals surface area contributed by atoms with Crippen molar-refractivity contribution < 1.29 is 0 Å². The fourth-order valence-electron chi connectivity index (χ4n) is 2.64. The van der Waals surface area contributed by atoms with Gasteiger partial charge in [0.25, 0.3) is 0 Å². The molecule has 21 heavy (non-hydrogen) atoms. The van der Waals surface area contributed by atoms with Crippen LogP contribution in [-0.4, -0.2) is 16.2 Å². The Morgan fingerprint density at radius 1 is 0.952 bits per heavy atom. The molecular weight excluding hydrogens is 260 g/mol. The van der Waals surface area contributed by atoms with Crippen molar-refractivity contribution in [2.45, 2.75) is 6.04 Å². The minimum atomic E-state index is 0.0874. The summed E-state index contributed by atoms with van der Waals surface area (Å²) in [4.78, 5) is 8.63. The van der Waals surface area contributed by atoms with Gasteiger partial charge in [-0.25, -0.2) is 4.99 Å². The smallest absolute Gasteiger partial charge is 0.148 e. The van der Waals surface area contributed by atoms with Crippen LogP contribution in [0.15, 0.2) is 84.0 Å². The summed E-state index contributed by atoms with van der Waals surface area (Å²) in [6, 6.07) is 14.4. The van der Waals surface area contributed by atoms with Crippen LogP contribution in [0.1, 0.15) is 11.6 Å². The summed E-state index contributed by atoms with van der Waals surface area (Å²) in [7, 11) is 0. The summed E-state index contributed by atoms with van der Waals surface area (Å²) in [5.74, 6) is 0.947. The molecule has 0 spiro atoms. The van der Waals surface area contributed by atoms with Crippen molar-refractivity contribution in [1.29, 1.82) is 0 Å². The van der Waals surface area contributed by atoms with E-state index in [-0.39, 0.29) is 6.04 Å². The van der Waals surface area contributed by atoms with E-state index >= 15 is 0 Å². The van der Waals surface area contributed by atoms with Crippen molar-refractivity contribution in [2.75, 3.05) is 5.01 Å². The number of allylic oxidation sites excluding steroid dienone is 2. The molecule has 0 saturated carbocycles.